The van der Waals surface area contributed by atoms with Crippen LogP contribution in [-0.2, 0) is 10.8 Å². The number of fused-ring (bicyclic) bond motifs is 3. The van der Waals surface area contributed by atoms with Crippen molar-refractivity contribution in [3.63, 3.8) is 0 Å². The number of hydrogen-bond donors (Lipinski definition) is 0. The lowest BCUT2D eigenvalue weighted by Crippen LogP contribution is -2.42. The molecule has 55 heavy (non-hydrogen) atoms. The molecule has 277 valence electrons. The molecule has 0 unspecified atom stereocenters. The van der Waals surface area contributed by atoms with Gasteiger partial charge in [0.05, 0.1) is 0 Å². The minimum absolute atomic E-state index is 0.119. The smallest absolute Gasteiger partial charge is 0.197 e. The SMILES string of the molecule is CC1=C(C2=C(C)C(c3cc(C)cc4c3[B]c3cc(Sc5ccccc5C)ccc3N4c3cc4c(cc3C)C(C)(C)CCC4(C)C)=CCC2)C2=C(C=CCC2)C1. The van der Waals surface area contributed by atoms with Crippen LogP contribution < -0.4 is 15.8 Å². The van der Waals surface area contributed by atoms with Crippen molar-refractivity contribution in [2.75, 3.05) is 4.90 Å². The molecule has 1 radical (unpaired) electrons. The summed E-state index contributed by atoms with van der Waals surface area (Å²) in [6.45, 7) is 21.4. The molecule has 4 aromatic rings. The predicted octanol–water partition coefficient (Wildman–Crippen LogP) is 13.4. The molecule has 0 bridgehead atoms. The van der Waals surface area contributed by atoms with Gasteiger partial charge in [0.15, 0.2) is 7.28 Å². The first-order chi connectivity index (χ1) is 26.3. The quantitative estimate of drug-likeness (QED) is 0.165. The Hall–Kier alpha value is -4.21. The molecule has 1 nitrogen and oxygen atoms in total. The minimum atomic E-state index is 0.119. The van der Waals surface area contributed by atoms with Gasteiger partial charge in [0.1, 0.15) is 0 Å². The maximum Gasteiger partial charge on any atom is 0.197 e. The van der Waals surface area contributed by atoms with E-state index in [-0.39, 0.29) is 10.8 Å². The maximum absolute atomic E-state index is 2.62. The van der Waals surface area contributed by atoms with E-state index >= 15 is 0 Å². The van der Waals surface area contributed by atoms with Crippen LogP contribution in [0.2, 0.25) is 0 Å². The molecule has 9 rings (SSSR count). The molecule has 0 saturated heterocycles. The van der Waals surface area contributed by atoms with Crippen molar-refractivity contribution < 1.29 is 0 Å². The fourth-order valence-corrected chi connectivity index (χ4v) is 11.2. The third kappa shape index (κ3) is 6.17. The molecule has 0 aromatic heterocycles. The first kappa shape index (κ1) is 36.4. The average molecular weight is 737 g/mol. The second kappa shape index (κ2) is 13.5. The van der Waals surface area contributed by atoms with Crippen LogP contribution in [0.25, 0.3) is 5.57 Å². The van der Waals surface area contributed by atoms with E-state index in [0.717, 1.165) is 25.7 Å². The van der Waals surface area contributed by atoms with Gasteiger partial charge < -0.3 is 4.90 Å². The van der Waals surface area contributed by atoms with Crippen LogP contribution in [0.3, 0.4) is 0 Å². The molecule has 1 aliphatic heterocycles. The Morgan fingerprint density at radius 3 is 2.24 bits per heavy atom. The lowest BCUT2D eigenvalue weighted by Gasteiger charge is -2.44. The van der Waals surface area contributed by atoms with Crippen molar-refractivity contribution >= 4 is 52.6 Å². The van der Waals surface area contributed by atoms with Gasteiger partial charge in [-0.3, -0.25) is 0 Å². The van der Waals surface area contributed by atoms with Crippen LogP contribution in [0.4, 0.5) is 17.1 Å². The summed E-state index contributed by atoms with van der Waals surface area (Å²) in [6.07, 6.45) is 15.4. The van der Waals surface area contributed by atoms with E-state index in [4.69, 9.17) is 0 Å². The molecule has 4 aliphatic carbocycles. The topological polar surface area (TPSA) is 3.24 Å². The maximum atomic E-state index is 2.62. The molecule has 4 aromatic carbocycles. The summed E-state index contributed by atoms with van der Waals surface area (Å²) in [5, 5.41) is 0. The number of benzene rings is 4. The monoisotopic (exact) mass is 736 g/mol. The second-order valence-corrected chi connectivity index (χ2v) is 19.4. The molecule has 5 aliphatic rings. The van der Waals surface area contributed by atoms with Crippen molar-refractivity contribution in [1.29, 1.82) is 0 Å². The average Bonchev–Trinajstić information content (AvgIpc) is 3.49. The number of anilines is 3. The van der Waals surface area contributed by atoms with Gasteiger partial charge in [-0.05, 0) is 188 Å². The summed E-state index contributed by atoms with van der Waals surface area (Å²) in [4.78, 5) is 5.21. The van der Waals surface area contributed by atoms with Gasteiger partial charge in [0, 0.05) is 26.9 Å². The van der Waals surface area contributed by atoms with E-state index in [0.29, 0.717) is 0 Å². The largest absolute Gasteiger partial charge is 0.311 e. The Balaban J connectivity index is 1.24. The number of hydrogen-bond acceptors (Lipinski definition) is 2. The highest BCUT2D eigenvalue weighted by Gasteiger charge is 2.39. The Morgan fingerprint density at radius 2 is 1.45 bits per heavy atom. The summed E-state index contributed by atoms with van der Waals surface area (Å²) in [6, 6.07) is 25.9. The Kier molecular flexibility index (Phi) is 8.93. The lowest BCUT2D eigenvalue weighted by molar-refractivity contribution is 0.332. The molecule has 0 fully saturated rings. The fraction of sp³-hybridized carbons (Fsp3) is 0.346. The summed E-state index contributed by atoms with van der Waals surface area (Å²) >= 11 is 1.87. The zero-order valence-electron chi connectivity index (χ0n) is 34.5. The van der Waals surface area contributed by atoms with Crippen molar-refractivity contribution in [1.82, 2.24) is 0 Å². The lowest BCUT2D eigenvalue weighted by atomic mass is 9.57. The third-order valence-electron chi connectivity index (χ3n) is 13.5. The fourth-order valence-electron chi connectivity index (χ4n) is 10.3. The van der Waals surface area contributed by atoms with E-state index in [9.17, 15) is 0 Å². The summed E-state index contributed by atoms with van der Waals surface area (Å²) in [7, 11) is 2.51. The zero-order chi connectivity index (χ0) is 38.4. The van der Waals surface area contributed by atoms with E-state index < -0.39 is 0 Å². The zero-order valence-corrected chi connectivity index (χ0v) is 35.3. The second-order valence-electron chi connectivity index (χ2n) is 18.3. The molecule has 0 saturated carbocycles. The van der Waals surface area contributed by atoms with Gasteiger partial charge in [-0.1, -0.05) is 111 Å². The van der Waals surface area contributed by atoms with Crippen molar-refractivity contribution in [3.8, 4) is 0 Å². The van der Waals surface area contributed by atoms with Gasteiger partial charge in [-0.25, -0.2) is 0 Å². The highest BCUT2D eigenvalue weighted by molar-refractivity contribution is 7.99. The molecule has 0 atom stereocenters. The highest BCUT2D eigenvalue weighted by atomic mass is 32.2. The normalized spacial score (nSPS) is 19.5. The summed E-state index contributed by atoms with van der Waals surface area (Å²) < 4.78 is 0. The first-order valence-electron chi connectivity index (χ1n) is 20.6. The van der Waals surface area contributed by atoms with Crippen molar-refractivity contribution in [3.05, 3.63) is 152 Å². The molecular formula is C52H55BNS. The molecule has 0 spiro atoms. The highest BCUT2D eigenvalue weighted by Crippen LogP contribution is 2.51. The number of nitrogens with zero attached hydrogens (tertiary/aromatic N) is 1. The number of aryl methyl sites for hydroxylation is 3. The molecule has 1 heterocycles. The van der Waals surface area contributed by atoms with Gasteiger partial charge in [-0.15, -0.1) is 0 Å². The van der Waals surface area contributed by atoms with Crippen LogP contribution in [0.5, 0.6) is 0 Å². The Bertz CT molecular complexity index is 2460. The molecule has 0 N–H and O–H groups in total. The third-order valence-corrected chi connectivity index (χ3v) is 14.6. The predicted molar refractivity (Wildman–Crippen MR) is 239 cm³/mol. The summed E-state index contributed by atoms with van der Waals surface area (Å²) in [5.74, 6) is 0. The molecular weight excluding hydrogens is 681 g/mol. The van der Waals surface area contributed by atoms with Crippen LogP contribution in [0, 0.1) is 20.8 Å². The first-order valence-corrected chi connectivity index (χ1v) is 21.4. The van der Waals surface area contributed by atoms with Gasteiger partial charge >= 0.3 is 0 Å². The van der Waals surface area contributed by atoms with Gasteiger partial charge in [0.2, 0.25) is 0 Å². The number of allylic oxidation sites excluding steroid dienone is 10. The summed E-state index contributed by atoms with van der Waals surface area (Å²) in [5.41, 5.74) is 25.8. The van der Waals surface area contributed by atoms with Crippen LogP contribution in [0.1, 0.15) is 120 Å². The van der Waals surface area contributed by atoms with Gasteiger partial charge in [-0.2, -0.15) is 0 Å². The van der Waals surface area contributed by atoms with E-state index in [1.165, 1.54) is 102 Å². The van der Waals surface area contributed by atoms with Crippen molar-refractivity contribution in [2.24, 2.45) is 0 Å². The van der Waals surface area contributed by atoms with E-state index in [1.807, 2.05) is 11.8 Å². The van der Waals surface area contributed by atoms with Crippen LogP contribution in [0.15, 0.2) is 128 Å². The Morgan fingerprint density at radius 1 is 0.709 bits per heavy atom. The van der Waals surface area contributed by atoms with Gasteiger partial charge in [0.25, 0.3) is 0 Å². The molecule has 0 amide bonds. The van der Waals surface area contributed by atoms with E-state index in [1.54, 1.807) is 27.9 Å². The molecule has 3 heteroatoms. The van der Waals surface area contributed by atoms with Crippen LogP contribution in [-0.4, -0.2) is 7.28 Å². The van der Waals surface area contributed by atoms with Crippen LogP contribution >= 0.6 is 11.8 Å². The number of rotatable bonds is 5. The minimum Gasteiger partial charge on any atom is -0.311 e. The van der Waals surface area contributed by atoms with Crippen molar-refractivity contribution in [2.45, 2.75) is 128 Å². The van der Waals surface area contributed by atoms with E-state index in [2.05, 4.69) is 159 Å². The Labute approximate surface area is 335 Å². The standard InChI is InChI=1S/C52H55BNS/c1-31-25-41(38-18-14-19-39(35(38)5)49-34(4)27-36-16-11-12-17-40(36)49)50-47(26-31)54(46-30-43-42(28-33(46)3)51(6,7)23-24-52(43,8)9)45-22-21-37(29-44(45)53-50)55-48-20-13-10-15-32(48)2/h10-11,13,15-16,18,20-22,25-26,28-30H,12,14,17,19,23-24,27H2,1-9H3.